The molecule has 0 aliphatic carbocycles. The number of aryl methyl sites for hydroxylation is 1. The zero-order valence-electron chi connectivity index (χ0n) is 17.2. The van der Waals surface area contributed by atoms with Gasteiger partial charge in [-0.2, -0.15) is 0 Å². The van der Waals surface area contributed by atoms with Gasteiger partial charge in [0, 0.05) is 17.2 Å². The first-order valence-corrected chi connectivity index (χ1v) is 10.5. The van der Waals surface area contributed by atoms with Crippen LogP contribution in [0.2, 0.25) is 0 Å². The molecule has 2 N–H and O–H groups in total. The first-order chi connectivity index (χ1) is 14.8. The van der Waals surface area contributed by atoms with Gasteiger partial charge in [-0.25, -0.2) is 9.37 Å². The topological polar surface area (TPSA) is 84.2 Å². The number of oxazole rings is 1. The third-order valence-electron chi connectivity index (χ3n) is 4.60. The molecule has 0 saturated carbocycles. The molecule has 2 aromatic heterocycles. The van der Waals surface area contributed by atoms with Gasteiger partial charge in [0.25, 0.3) is 11.8 Å². The maximum absolute atomic E-state index is 13.3. The van der Waals surface area contributed by atoms with E-state index in [0.29, 0.717) is 32.6 Å². The van der Waals surface area contributed by atoms with Crippen LogP contribution in [0.1, 0.15) is 51.2 Å². The summed E-state index contributed by atoms with van der Waals surface area (Å²) in [4.78, 5) is 30.0. The number of thiophene rings is 1. The van der Waals surface area contributed by atoms with Gasteiger partial charge in [-0.15, -0.1) is 11.3 Å². The predicted octanol–water partition coefficient (Wildman–Crippen LogP) is 5.96. The van der Waals surface area contributed by atoms with E-state index >= 15 is 0 Å². The van der Waals surface area contributed by atoms with Gasteiger partial charge < -0.3 is 15.1 Å². The Bertz CT molecular complexity index is 1290. The molecule has 4 aromatic rings. The highest BCUT2D eigenvalue weighted by atomic mass is 32.1. The van der Waals surface area contributed by atoms with Gasteiger partial charge in [0.1, 0.15) is 11.3 Å². The molecular formula is C23H20FN3O3S. The number of anilines is 2. The van der Waals surface area contributed by atoms with Crippen molar-refractivity contribution in [1.29, 1.82) is 0 Å². The number of hydrogen-bond acceptors (Lipinski definition) is 5. The lowest BCUT2D eigenvalue weighted by atomic mass is 10.2. The minimum absolute atomic E-state index is 0.167. The monoisotopic (exact) mass is 437 g/mol. The molecule has 0 aliphatic rings. The largest absolute Gasteiger partial charge is 0.440 e. The molecule has 4 rings (SSSR count). The van der Waals surface area contributed by atoms with Gasteiger partial charge in [-0.05, 0) is 55.0 Å². The van der Waals surface area contributed by atoms with Crippen LogP contribution in [-0.2, 0) is 0 Å². The quantitative estimate of drug-likeness (QED) is 0.403. The SMILES string of the molecule is Cc1cc(NC(=O)c2cccc(F)c2)sc1C(=O)Nc1ccc2oc(C(C)C)nc2c1. The summed E-state index contributed by atoms with van der Waals surface area (Å²) in [6, 6.07) is 12.4. The van der Waals surface area contributed by atoms with Crippen LogP contribution in [0.25, 0.3) is 11.1 Å². The Balaban J connectivity index is 1.49. The average molecular weight is 437 g/mol. The normalized spacial score (nSPS) is 11.1. The molecule has 0 bridgehead atoms. The minimum Gasteiger partial charge on any atom is -0.440 e. The Morgan fingerprint density at radius 3 is 2.61 bits per heavy atom. The van der Waals surface area contributed by atoms with Crippen LogP contribution in [0.15, 0.2) is 52.9 Å². The lowest BCUT2D eigenvalue weighted by molar-refractivity contribution is 0.101. The Labute approximate surface area is 182 Å². The number of benzene rings is 2. The summed E-state index contributed by atoms with van der Waals surface area (Å²) >= 11 is 1.15. The first kappa shape index (κ1) is 20.7. The van der Waals surface area contributed by atoms with Crippen LogP contribution in [-0.4, -0.2) is 16.8 Å². The van der Waals surface area contributed by atoms with Crippen molar-refractivity contribution < 1.29 is 18.4 Å². The second kappa shape index (κ2) is 8.31. The van der Waals surface area contributed by atoms with Crippen molar-refractivity contribution in [1.82, 2.24) is 4.98 Å². The standard InChI is InChI=1S/C23H20FN3O3S/c1-12(2)23-26-17-11-16(7-8-18(17)30-23)25-22(29)20-13(3)9-19(31-20)27-21(28)14-5-4-6-15(24)10-14/h4-12H,1-3H3,(H,25,29)(H,27,28). The highest BCUT2D eigenvalue weighted by molar-refractivity contribution is 7.18. The van der Waals surface area contributed by atoms with Crippen molar-refractivity contribution >= 4 is 44.9 Å². The molecule has 0 fully saturated rings. The van der Waals surface area contributed by atoms with Gasteiger partial charge >= 0.3 is 0 Å². The maximum Gasteiger partial charge on any atom is 0.266 e. The predicted molar refractivity (Wildman–Crippen MR) is 119 cm³/mol. The summed E-state index contributed by atoms with van der Waals surface area (Å²) in [5.41, 5.74) is 2.86. The number of halogens is 1. The van der Waals surface area contributed by atoms with Crippen LogP contribution in [0.5, 0.6) is 0 Å². The van der Waals surface area contributed by atoms with Crippen LogP contribution in [0.4, 0.5) is 15.1 Å². The molecule has 2 aromatic carbocycles. The van der Waals surface area contributed by atoms with Crippen molar-refractivity contribution in [2.45, 2.75) is 26.7 Å². The van der Waals surface area contributed by atoms with E-state index in [-0.39, 0.29) is 17.4 Å². The van der Waals surface area contributed by atoms with Crippen molar-refractivity contribution in [2.75, 3.05) is 10.6 Å². The highest BCUT2D eigenvalue weighted by Crippen LogP contribution is 2.29. The van der Waals surface area contributed by atoms with Crippen molar-refractivity contribution in [3.63, 3.8) is 0 Å². The number of carbonyl (C=O) groups excluding carboxylic acids is 2. The van der Waals surface area contributed by atoms with Gasteiger partial charge in [0.2, 0.25) is 0 Å². The summed E-state index contributed by atoms with van der Waals surface area (Å²) in [7, 11) is 0. The Morgan fingerprint density at radius 2 is 1.87 bits per heavy atom. The van der Waals surface area contributed by atoms with Crippen LogP contribution >= 0.6 is 11.3 Å². The molecule has 31 heavy (non-hydrogen) atoms. The Kier molecular flexibility index (Phi) is 5.56. The maximum atomic E-state index is 13.3. The van der Waals surface area contributed by atoms with Crippen LogP contribution in [0, 0.1) is 12.7 Å². The molecule has 0 saturated heterocycles. The summed E-state index contributed by atoms with van der Waals surface area (Å²) in [6.07, 6.45) is 0. The molecule has 0 radical (unpaired) electrons. The summed E-state index contributed by atoms with van der Waals surface area (Å²) < 4.78 is 19.0. The minimum atomic E-state index is -0.486. The molecule has 8 heteroatoms. The Morgan fingerprint density at radius 1 is 1.06 bits per heavy atom. The van der Waals surface area contributed by atoms with Crippen molar-refractivity contribution in [3.8, 4) is 0 Å². The van der Waals surface area contributed by atoms with Gasteiger partial charge in [-0.3, -0.25) is 9.59 Å². The smallest absolute Gasteiger partial charge is 0.266 e. The molecule has 0 unspecified atom stereocenters. The molecule has 2 heterocycles. The van der Waals surface area contributed by atoms with E-state index in [1.807, 2.05) is 13.8 Å². The molecule has 0 atom stereocenters. The second-order valence-corrected chi connectivity index (χ2v) is 8.48. The van der Waals surface area contributed by atoms with Gasteiger partial charge in [0.05, 0.1) is 9.88 Å². The number of carbonyl (C=O) groups is 2. The number of fused-ring (bicyclic) bond motifs is 1. The first-order valence-electron chi connectivity index (χ1n) is 9.69. The van der Waals surface area contributed by atoms with Gasteiger partial charge in [0.15, 0.2) is 11.5 Å². The number of aromatic nitrogens is 1. The lowest BCUT2D eigenvalue weighted by Gasteiger charge is -2.04. The molecule has 158 valence electrons. The van der Waals surface area contributed by atoms with E-state index in [1.165, 1.54) is 18.2 Å². The summed E-state index contributed by atoms with van der Waals surface area (Å²) in [5.74, 6) is -0.406. The third kappa shape index (κ3) is 4.49. The van der Waals surface area contributed by atoms with E-state index in [4.69, 9.17) is 4.42 Å². The molecule has 2 amide bonds. The molecular weight excluding hydrogens is 417 g/mol. The Hall–Kier alpha value is -3.52. The number of hydrogen-bond donors (Lipinski definition) is 2. The third-order valence-corrected chi connectivity index (χ3v) is 5.75. The van der Waals surface area contributed by atoms with Crippen LogP contribution < -0.4 is 10.6 Å². The fourth-order valence-electron chi connectivity index (χ4n) is 3.04. The van der Waals surface area contributed by atoms with E-state index < -0.39 is 11.7 Å². The highest BCUT2D eigenvalue weighted by Gasteiger charge is 2.17. The zero-order chi connectivity index (χ0) is 22.1. The van der Waals surface area contributed by atoms with E-state index in [9.17, 15) is 14.0 Å². The fraction of sp³-hybridized carbons (Fsp3) is 0.174. The van der Waals surface area contributed by atoms with Gasteiger partial charge in [-0.1, -0.05) is 19.9 Å². The van der Waals surface area contributed by atoms with Crippen molar-refractivity contribution in [3.05, 3.63) is 76.2 Å². The number of amides is 2. The van der Waals surface area contributed by atoms with Crippen molar-refractivity contribution in [2.24, 2.45) is 0 Å². The second-order valence-electron chi connectivity index (χ2n) is 7.43. The zero-order valence-corrected chi connectivity index (χ0v) is 18.0. The average Bonchev–Trinajstić information content (AvgIpc) is 3.31. The number of nitrogens with one attached hydrogen (secondary N) is 2. The molecule has 6 nitrogen and oxygen atoms in total. The fourth-order valence-corrected chi connectivity index (χ4v) is 4.00. The lowest BCUT2D eigenvalue weighted by Crippen LogP contribution is -2.11. The molecule has 0 spiro atoms. The van der Waals surface area contributed by atoms with E-state index in [1.54, 1.807) is 31.2 Å². The summed E-state index contributed by atoms with van der Waals surface area (Å²) in [6.45, 7) is 5.79. The van der Waals surface area contributed by atoms with Crippen LogP contribution in [0.3, 0.4) is 0 Å². The van der Waals surface area contributed by atoms with E-state index in [0.717, 1.165) is 23.0 Å². The molecule has 0 aliphatic heterocycles. The van der Waals surface area contributed by atoms with E-state index in [2.05, 4.69) is 15.6 Å². The number of nitrogens with zero attached hydrogens (tertiary/aromatic N) is 1. The summed E-state index contributed by atoms with van der Waals surface area (Å²) in [5, 5.41) is 6.08. The number of rotatable bonds is 5.